The summed E-state index contributed by atoms with van der Waals surface area (Å²) in [4.78, 5) is 25.3. The number of rotatable bonds is 5. The Morgan fingerprint density at radius 2 is 2.05 bits per heavy atom. The fourth-order valence-corrected chi connectivity index (χ4v) is 2.17. The van der Waals surface area contributed by atoms with E-state index in [0.717, 1.165) is 31.9 Å². The smallest absolute Gasteiger partial charge is 0.270 e. The lowest BCUT2D eigenvalue weighted by Crippen LogP contribution is -2.45. The second-order valence-corrected chi connectivity index (χ2v) is 5.23. The molecule has 0 radical (unpaired) electrons. The van der Waals surface area contributed by atoms with Gasteiger partial charge in [0.15, 0.2) is 0 Å². The van der Waals surface area contributed by atoms with Crippen molar-refractivity contribution in [2.24, 2.45) is 0 Å². The molecule has 1 fully saturated rings. The van der Waals surface area contributed by atoms with Crippen molar-refractivity contribution < 1.29 is 9.53 Å². The lowest BCUT2D eigenvalue weighted by Gasteiger charge is -2.32. The van der Waals surface area contributed by atoms with Gasteiger partial charge in [-0.25, -0.2) is 9.97 Å². The molecule has 0 aromatic carbocycles. The van der Waals surface area contributed by atoms with Crippen LogP contribution in [0.4, 0.5) is 5.95 Å². The van der Waals surface area contributed by atoms with E-state index in [9.17, 15) is 4.79 Å². The molecule has 2 heterocycles. The standard InChI is InChI=1S/C14H23N5O2/c1-11-10-12(13(20)15-4-9-21-3)17-14(16-11)19-7-5-18(2)6-8-19/h10H,4-9H2,1-3H3,(H,15,20). The monoisotopic (exact) mass is 293 g/mol. The zero-order chi connectivity index (χ0) is 15.2. The minimum absolute atomic E-state index is 0.187. The summed E-state index contributed by atoms with van der Waals surface area (Å²) in [5, 5.41) is 2.78. The third-order valence-electron chi connectivity index (χ3n) is 3.45. The molecule has 0 spiro atoms. The molecule has 7 heteroatoms. The van der Waals surface area contributed by atoms with Crippen LogP contribution in [-0.2, 0) is 4.74 Å². The first-order valence-corrected chi connectivity index (χ1v) is 7.16. The van der Waals surface area contributed by atoms with E-state index >= 15 is 0 Å². The summed E-state index contributed by atoms with van der Waals surface area (Å²) < 4.78 is 4.92. The molecule has 21 heavy (non-hydrogen) atoms. The van der Waals surface area contributed by atoms with Crippen molar-refractivity contribution in [3.8, 4) is 0 Å². The van der Waals surface area contributed by atoms with Gasteiger partial charge in [-0.15, -0.1) is 0 Å². The van der Waals surface area contributed by atoms with Gasteiger partial charge >= 0.3 is 0 Å². The molecule has 1 amide bonds. The number of nitrogens with one attached hydrogen (secondary N) is 1. The molecule has 0 aliphatic carbocycles. The Labute approximate surface area is 125 Å². The first-order valence-electron chi connectivity index (χ1n) is 7.16. The van der Waals surface area contributed by atoms with Crippen molar-refractivity contribution in [1.29, 1.82) is 0 Å². The van der Waals surface area contributed by atoms with Crippen LogP contribution in [0.1, 0.15) is 16.2 Å². The third kappa shape index (κ3) is 4.37. The number of nitrogens with zero attached hydrogens (tertiary/aromatic N) is 4. The Kier molecular flexibility index (Phi) is 5.46. The van der Waals surface area contributed by atoms with Crippen LogP contribution in [0.15, 0.2) is 6.07 Å². The van der Waals surface area contributed by atoms with Crippen LogP contribution in [0.5, 0.6) is 0 Å². The Morgan fingerprint density at radius 3 is 2.71 bits per heavy atom. The average Bonchev–Trinajstić information content (AvgIpc) is 2.47. The van der Waals surface area contributed by atoms with E-state index in [1.165, 1.54) is 0 Å². The number of carbonyl (C=O) groups excluding carboxylic acids is 1. The first-order chi connectivity index (χ1) is 10.1. The third-order valence-corrected chi connectivity index (χ3v) is 3.45. The highest BCUT2D eigenvalue weighted by atomic mass is 16.5. The van der Waals surface area contributed by atoms with Crippen molar-refractivity contribution in [3.05, 3.63) is 17.5 Å². The van der Waals surface area contributed by atoms with Gasteiger partial charge in [-0.1, -0.05) is 0 Å². The molecule has 0 saturated carbocycles. The van der Waals surface area contributed by atoms with Crippen LogP contribution >= 0.6 is 0 Å². The number of carbonyl (C=O) groups is 1. The summed E-state index contributed by atoms with van der Waals surface area (Å²) in [6.45, 7) is 6.56. The highest BCUT2D eigenvalue weighted by Gasteiger charge is 2.18. The van der Waals surface area contributed by atoms with Gasteiger partial charge in [-0.3, -0.25) is 4.79 Å². The number of methoxy groups -OCH3 is 1. The van der Waals surface area contributed by atoms with Crippen LogP contribution in [-0.4, -0.2) is 74.3 Å². The molecule has 0 atom stereocenters. The van der Waals surface area contributed by atoms with Gasteiger partial charge < -0.3 is 19.9 Å². The molecular weight excluding hydrogens is 270 g/mol. The minimum atomic E-state index is -0.187. The maximum Gasteiger partial charge on any atom is 0.270 e. The van der Waals surface area contributed by atoms with E-state index < -0.39 is 0 Å². The lowest BCUT2D eigenvalue weighted by atomic mass is 10.3. The molecule has 0 unspecified atom stereocenters. The maximum atomic E-state index is 12.1. The van der Waals surface area contributed by atoms with Crippen LogP contribution in [0.3, 0.4) is 0 Å². The van der Waals surface area contributed by atoms with Crippen LogP contribution in [0, 0.1) is 6.92 Å². The Hall–Kier alpha value is -1.73. The highest BCUT2D eigenvalue weighted by Crippen LogP contribution is 2.12. The quantitative estimate of drug-likeness (QED) is 0.765. The number of ether oxygens (including phenoxy) is 1. The summed E-state index contributed by atoms with van der Waals surface area (Å²) in [5.41, 5.74) is 1.21. The topological polar surface area (TPSA) is 70.6 Å². The zero-order valence-electron chi connectivity index (χ0n) is 12.9. The molecule has 1 saturated heterocycles. The van der Waals surface area contributed by atoms with Gasteiger partial charge in [-0.2, -0.15) is 0 Å². The molecule has 1 aromatic rings. The van der Waals surface area contributed by atoms with Gasteiger partial charge in [0.1, 0.15) is 5.69 Å². The van der Waals surface area contributed by atoms with Crippen molar-refractivity contribution >= 4 is 11.9 Å². The Morgan fingerprint density at radius 1 is 1.33 bits per heavy atom. The van der Waals surface area contributed by atoms with Crippen LogP contribution in [0.2, 0.25) is 0 Å². The number of amides is 1. The SMILES string of the molecule is COCCNC(=O)c1cc(C)nc(N2CCN(C)CC2)n1. The van der Waals surface area contributed by atoms with Crippen LogP contribution in [0.25, 0.3) is 0 Å². The van der Waals surface area contributed by atoms with Crippen molar-refractivity contribution in [2.45, 2.75) is 6.92 Å². The number of likely N-dealkylation sites (N-methyl/N-ethyl adjacent to an activating group) is 1. The van der Waals surface area contributed by atoms with E-state index in [1.54, 1.807) is 13.2 Å². The van der Waals surface area contributed by atoms with E-state index in [-0.39, 0.29) is 5.91 Å². The van der Waals surface area contributed by atoms with E-state index in [0.29, 0.717) is 24.8 Å². The number of hydrogen-bond acceptors (Lipinski definition) is 6. The van der Waals surface area contributed by atoms with Crippen molar-refractivity contribution in [1.82, 2.24) is 20.2 Å². The van der Waals surface area contributed by atoms with Gasteiger partial charge in [0.05, 0.1) is 6.61 Å². The summed E-state index contributed by atoms with van der Waals surface area (Å²) >= 11 is 0. The summed E-state index contributed by atoms with van der Waals surface area (Å²) in [6.07, 6.45) is 0. The summed E-state index contributed by atoms with van der Waals surface area (Å²) in [5.74, 6) is 0.452. The number of anilines is 1. The second-order valence-electron chi connectivity index (χ2n) is 5.23. The number of piperazine rings is 1. The number of aromatic nitrogens is 2. The molecule has 1 aliphatic heterocycles. The lowest BCUT2D eigenvalue weighted by molar-refractivity contribution is 0.0932. The fraction of sp³-hybridized carbons (Fsp3) is 0.643. The summed E-state index contributed by atoms with van der Waals surface area (Å²) in [6, 6.07) is 1.71. The van der Waals surface area contributed by atoms with Crippen molar-refractivity contribution in [3.63, 3.8) is 0 Å². The second kappa shape index (κ2) is 7.33. The fourth-order valence-electron chi connectivity index (χ4n) is 2.17. The molecule has 7 nitrogen and oxygen atoms in total. The van der Waals surface area contributed by atoms with Gasteiger partial charge in [-0.05, 0) is 20.0 Å². The van der Waals surface area contributed by atoms with E-state index in [1.807, 2.05) is 6.92 Å². The largest absolute Gasteiger partial charge is 0.383 e. The van der Waals surface area contributed by atoms with Crippen LogP contribution < -0.4 is 10.2 Å². The van der Waals surface area contributed by atoms with Crippen molar-refractivity contribution in [2.75, 3.05) is 58.4 Å². The highest BCUT2D eigenvalue weighted by molar-refractivity contribution is 5.92. The summed E-state index contributed by atoms with van der Waals surface area (Å²) in [7, 11) is 3.70. The molecule has 0 bridgehead atoms. The van der Waals surface area contributed by atoms with Gasteiger partial charge in [0.25, 0.3) is 5.91 Å². The number of aryl methyl sites for hydroxylation is 1. The predicted octanol–water partition coefficient (Wildman–Crippen LogP) is -0.0870. The zero-order valence-corrected chi connectivity index (χ0v) is 12.9. The molecule has 1 N–H and O–H groups in total. The maximum absolute atomic E-state index is 12.1. The van der Waals surface area contributed by atoms with Gasteiger partial charge in [0.2, 0.25) is 5.95 Å². The molecule has 116 valence electrons. The Balaban J connectivity index is 2.08. The average molecular weight is 293 g/mol. The predicted molar refractivity (Wildman–Crippen MR) is 80.7 cm³/mol. The molecular formula is C14H23N5O2. The van der Waals surface area contributed by atoms with E-state index in [4.69, 9.17) is 4.74 Å². The minimum Gasteiger partial charge on any atom is -0.383 e. The molecule has 2 rings (SSSR count). The first kappa shape index (κ1) is 15.7. The molecule has 1 aromatic heterocycles. The normalized spacial score (nSPS) is 16.0. The van der Waals surface area contributed by atoms with E-state index in [2.05, 4.69) is 32.1 Å². The van der Waals surface area contributed by atoms with Gasteiger partial charge in [0, 0.05) is 45.5 Å². The number of hydrogen-bond donors (Lipinski definition) is 1. The molecule has 1 aliphatic rings. The Bertz CT molecular complexity index is 486.